The van der Waals surface area contributed by atoms with Crippen LogP contribution in [0.15, 0.2) is 36.4 Å². The summed E-state index contributed by atoms with van der Waals surface area (Å²) in [7, 11) is 0. The molecule has 0 radical (unpaired) electrons. The van der Waals surface area contributed by atoms with Gasteiger partial charge in [-0.2, -0.15) is 0 Å². The number of aliphatic hydroxyl groups is 1. The molecular weight excluding hydrogens is 289 g/mol. The predicted molar refractivity (Wildman–Crippen MR) is 82.0 cm³/mol. The molecule has 0 saturated carbocycles. The molecule has 0 aliphatic heterocycles. The third-order valence-corrected chi connectivity index (χ3v) is 3.80. The fourth-order valence-corrected chi connectivity index (χ4v) is 2.70. The van der Waals surface area contributed by atoms with Crippen LogP contribution in [0.4, 0.5) is 10.1 Å². The van der Waals surface area contributed by atoms with Gasteiger partial charge in [-0.15, -0.1) is 11.3 Å². The summed E-state index contributed by atoms with van der Waals surface area (Å²) < 4.78 is 13.8. The van der Waals surface area contributed by atoms with E-state index in [1.807, 2.05) is 0 Å². The average molecular weight is 303 g/mol. The van der Waals surface area contributed by atoms with Crippen molar-refractivity contribution in [3.63, 3.8) is 0 Å². The van der Waals surface area contributed by atoms with Crippen molar-refractivity contribution in [1.82, 2.24) is 0 Å². The standard InChI is InChI=1S/C16H14FNO2S/c1-2-18(14-8-4-3-7-13(14)17)16(20)15-10-9-12(21-15)6-5-11-19/h3-4,7-10,19H,2,11H2,1H3. The Morgan fingerprint density at radius 1 is 1.33 bits per heavy atom. The van der Waals surface area contributed by atoms with Gasteiger partial charge in [0.25, 0.3) is 5.91 Å². The molecule has 1 amide bonds. The molecule has 1 aromatic carbocycles. The fourth-order valence-electron chi connectivity index (χ4n) is 1.87. The quantitative estimate of drug-likeness (QED) is 0.886. The zero-order chi connectivity index (χ0) is 15.2. The normalized spacial score (nSPS) is 9.86. The lowest BCUT2D eigenvalue weighted by atomic mass is 10.2. The number of carbonyl (C=O) groups is 1. The highest BCUT2D eigenvalue weighted by atomic mass is 32.1. The molecule has 3 nitrogen and oxygen atoms in total. The summed E-state index contributed by atoms with van der Waals surface area (Å²) in [6.45, 7) is 1.94. The Bertz CT molecular complexity index is 700. The topological polar surface area (TPSA) is 40.5 Å². The van der Waals surface area contributed by atoms with Crippen LogP contribution < -0.4 is 4.90 Å². The molecule has 0 saturated heterocycles. The Balaban J connectivity index is 2.29. The summed E-state index contributed by atoms with van der Waals surface area (Å²) in [6, 6.07) is 9.58. The van der Waals surface area contributed by atoms with Crippen molar-refractivity contribution >= 4 is 22.9 Å². The summed E-state index contributed by atoms with van der Waals surface area (Å²) in [5.74, 6) is 4.60. The molecule has 1 aromatic heterocycles. The van der Waals surface area contributed by atoms with Crippen molar-refractivity contribution in [2.45, 2.75) is 6.92 Å². The molecule has 0 aliphatic rings. The van der Waals surface area contributed by atoms with Gasteiger partial charge in [-0.05, 0) is 31.2 Å². The van der Waals surface area contributed by atoms with E-state index in [0.717, 1.165) is 0 Å². The zero-order valence-electron chi connectivity index (χ0n) is 11.5. The lowest BCUT2D eigenvalue weighted by Crippen LogP contribution is -2.30. The number of nitrogens with zero attached hydrogens (tertiary/aromatic N) is 1. The summed E-state index contributed by atoms with van der Waals surface area (Å²) in [6.07, 6.45) is 0. The van der Waals surface area contributed by atoms with Gasteiger partial charge in [0.2, 0.25) is 0 Å². The molecule has 0 bridgehead atoms. The number of thiophene rings is 1. The predicted octanol–water partition coefficient (Wildman–Crippen LogP) is 2.90. The minimum atomic E-state index is -0.426. The third kappa shape index (κ3) is 3.48. The Morgan fingerprint density at radius 2 is 2.10 bits per heavy atom. The lowest BCUT2D eigenvalue weighted by Gasteiger charge is -2.20. The number of benzene rings is 1. The average Bonchev–Trinajstić information content (AvgIpc) is 2.96. The van der Waals surface area contributed by atoms with Gasteiger partial charge in [0.15, 0.2) is 0 Å². The van der Waals surface area contributed by atoms with Crippen LogP contribution in [0.1, 0.15) is 21.5 Å². The van der Waals surface area contributed by atoms with Crippen LogP contribution >= 0.6 is 11.3 Å². The minimum Gasteiger partial charge on any atom is -0.384 e. The molecule has 0 atom stereocenters. The van der Waals surface area contributed by atoms with Gasteiger partial charge in [0.05, 0.1) is 15.4 Å². The lowest BCUT2D eigenvalue weighted by molar-refractivity contribution is 0.0991. The Kier molecular flexibility index (Phi) is 5.09. The Morgan fingerprint density at radius 3 is 2.76 bits per heavy atom. The molecule has 0 fully saturated rings. The van der Waals surface area contributed by atoms with Crippen LogP contribution in [0.25, 0.3) is 0 Å². The molecule has 1 N–H and O–H groups in total. The highest BCUT2D eigenvalue weighted by Crippen LogP contribution is 2.24. The smallest absolute Gasteiger partial charge is 0.268 e. The summed E-state index contributed by atoms with van der Waals surface area (Å²) in [5, 5.41) is 8.66. The number of hydrogen-bond acceptors (Lipinski definition) is 3. The summed E-state index contributed by atoms with van der Waals surface area (Å²) >= 11 is 1.23. The van der Waals surface area contributed by atoms with Gasteiger partial charge in [-0.25, -0.2) is 4.39 Å². The third-order valence-electron chi connectivity index (χ3n) is 2.81. The van der Waals surface area contributed by atoms with E-state index < -0.39 is 5.82 Å². The summed E-state index contributed by atoms with van der Waals surface area (Å²) in [4.78, 5) is 15.1. The van der Waals surface area contributed by atoms with Crippen molar-refractivity contribution in [2.24, 2.45) is 0 Å². The van der Waals surface area contributed by atoms with E-state index in [9.17, 15) is 9.18 Å². The number of anilines is 1. The molecule has 2 aromatic rings. The van der Waals surface area contributed by atoms with Crippen molar-refractivity contribution in [3.05, 3.63) is 52.0 Å². The van der Waals surface area contributed by atoms with Crippen LogP contribution in [0, 0.1) is 17.7 Å². The number of aliphatic hydroxyl groups excluding tert-OH is 1. The molecule has 5 heteroatoms. The maximum atomic E-state index is 13.8. The SMILES string of the molecule is CCN(C(=O)c1ccc(C#CCO)s1)c1ccccc1F. The highest BCUT2D eigenvalue weighted by molar-refractivity contribution is 7.14. The Labute approximate surface area is 126 Å². The highest BCUT2D eigenvalue weighted by Gasteiger charge is 2.20. The first-order valence-electron chi connectivity index (χ1n) is 6.43. The first kappa shape index (κ1) is 15.2. The second-order valence-corrected chi connectivity index (χ2v) is 5.21. The second kappa shape index (κ2) is 7.02. The van der Waals surface area contributed by atoms with Gasteiger partial charge in [-0.3, -0.25) is 4.79 Å². The minimum absolute atomic E-state index is 0.225. The van der Waals surface area contributed by atoms with Crippen LogP contribution in [0.2, 0.25) is 0 Å². The zero-order valence-corrected chi connectivity index (χ0v) is 12.3. The number of hydrogen-bond donors (Lipinski definition) is 1. The monoisotopic (exact) mass is 303 g/mol. The maximum absolute atomic E-state index is 13.8. The van der Waals surface area contributed by atoms with Crippen molar-refractivity contribution in [1.29, 1.82) is 0 Å². The number of halogens is 1. The largest absolute Gasteiger partial charge is 0.384 e. The van der Waals surface area contributed by atoms with Gasteiger partial charge in [0, 0.05) is 6.54 Å². The maximum Gasteiger partial charge on any atom is 0.268 e. The van der Waals surface area contributed by atoms with Crippen LogP contribution in [0.5, 0.6) is 0 Å². The van der Waals surface area contributed by atoms with E-state index in [1.54, 1.807) is 37.3 Å². The van der Waals surface area contributed by atoms with E-state index >= 15 is 0 Å². The van der Waals surface area contributed by atoms with Crippen molar-refractivity contribution in [3.8, 4) is 11.8 Å². The molecule has 1 heterocycles. The molecule has 0 aliphatic carbocycles. The number of para-hydroxylation sites is 1. The van der Waals surface area contributed by atoms with Crippen LogP contribution in [-0.2, 0) is 0 Å². The number of carbonyl (C=O) groups excluding carboxylic acids is 1. The number of rotatable bonds is 3. The first-order valence-corrected chi connectivity index (χ1v) is 7.25. The molecule has 0 spiro atoms. The second-order valence-electron chi connectivity index (χ2n) is 4.12. The van der Waals surface area contributed by atoms with Crippen molar-refractivity contribution < 1.29 is 14.3 Å². The molecule has 2 rings (SSSR count). The van der Waals surface area contributed by atoms with E-state index in [0.29, 0.717) is 16.3 Å². The van der Waals surface area contributed by atoms with Gasteiger partial charge in [0.1, 0.15) is 12.4 Å². The summed E-state index contributed by atoms with van der Waals surface area (Å²) in [5.41, 5.74) is 0.265. The van der Waals surface area contributed by atoms with Gasteiger partial charge < -0.3 is 10.0 Å². The Hall–Kier alpha value is -2.16. The van der Waals surface area contributed by atoms with E-state index in [2.05, 4.69) is 11.8 Å². The fraction of sp³-hybridized carbons (Fsp3) is 0.188. The van der Waals surface area contributed by atoms with Crippen LogP contribution in [0.3, 0.4) is 0 Å². The van der Waals surface area contributed by atoms with Gasteiger partial charge in [-0.1, -0.05) is 24.0 Å². The van der Waals surface area contributed by atoms with Crippen LogP contribution in [-0.4, -0.2) is 24.2 Å². The molecule has 0 unspecified atom stereocenters. The van der Waals surface area contributed by atoms with Crippen molar-refractivity contribution in [2.75, 3.05) is 18.1 Å². The molecular formula is C16H14FNO2S. The first-order chi connectivity index (χ1) is 10.2. The van der Waals surface area contributed by atoms with E-state index in [4.69, 9.17) is 5.11 Å². The van der Waals surface area contributed by atoms with E-state index in [1.165, 1.54) is 22.3 Å². The van der Waals surface area contributed by atoms with E-state index in [-0.39, 0.29) is 18.2 Å². The number of amides is 1. The van der Waals surface area contributed by atoms with Gasteiger partial charge >= 0.3 is 0 Å². The molecule has 21 heavy (non-hydrogen) atoms. The molecule has 108 valence electrons.